The number of hydrogen-bond acceptors (Lipinski definition) is 1. The quantitative estimate of drug-likeness (QED) is 0.613. The van der Waals surface area contributed by atoms with E-state index in [1.54, 1.807) is 0 Å². The Labute approximate surface area is 134 Å². The van der Waals surface area contributed by atoms with Gasteiger partial charge in [-0.05, 0) is 49.4 Å². The highest BCUT2D eigenvalue weighted by molar-refractivity contribution is 6.35. The molecule has 0 bridgehead atoms. The number of rotatable bonds is 9. The average molecular weight is 316 g/mol. The Bertz CT molecular complexity index is 372. The van der Waals surface area contributed by atoms with Gasteiger partial charge in [0.15, 0.2) is 0 Å². The van der Waals surface area contributed by atoms with E-state index in [1.807, 2.05) is 18.2 Å². The summed E-state index contributed by atoms with van der Waals surface area (Å²) in [5.74, 6) is 0.732. The van der Waals surface area contributed by atoms with Crippen LogP contribution in [0.25, 0.3) is 0 Å². The lowest BCUT2D eigenvalue weighted by Crippen LogP contribution is -2.33. The van der Waals surface area contributed by atoms with Crippen molar-refractivity contribution in [1.82, 2.24) is 5.32 Å². The number of benzene rings is 1. The van der Waals surface area contributed by atoms with E-state index in [0.29, 0.717) is 6.04 Å². The summed E-state index contributed by atoms with van der Waals surface area (Å²) in [6.07, 6.45) is 5.76. The topological polar surface area (TPSA) is 12.0 Å². The van der Waals surface area contributed by atoms with Gasteiger partial charge in [-0.2, -0.15) is 0 Å². The monoisotopic (exact) mass is 315 g/mol. The van der Waals surface area contributed by atoms with Crippen LogP contribution in [-0.4, -0.2) is 12.6 Å². The fourth-order valence-electron chi connectivity index (χ4n) is 2.66. The van der Waals surface area contributed by atoms with Crippen molar-refractivity contribution in [3.05, 3.63) is 33.8 Å². The van der Waals surface area contributed by atoms with Gasteiger partial charge in [-0.25, -0.2) is 0 Å². The summed E-state index contributed by atoms with van der Waals surface area (Å²) in [5.41, 5.74) is 1.08. The van der Waals surface area contributed by atoms with Crippen LogP contribution < -0.4 is 5.32 Å². The maximum atomic E-state index is 6.29. The molecule has 0 saturated heterocycles. The van der Waals surface area contributed by atoms with Gasteiger partial charge >= 0.3 is 0 Å². The zero-order valence-electron chi connectivity index (χ0n) is 12.9. The summed E-state index contributed by atoms with van der Waals surface area (Å²) in [5, 5.41) is 5.21. The first kappa shape index (κ1) is 17.8. The van der Waals surface area contributed by atoms with Crippen LogP contribution in [0.3, 0.4) is 0 Å². The summed E-state index contributed by atoms with van der Waals surface area (Å²) in [4.78, 5) is 0. The first-order chi connectivity index (χ1) is 9.58. The van der Waals surface area contributed by atoms with Crippen LogP contribution in [0.4, 0.5) is 0 Å². The number of hydrogen-bond donors (Lipinski definition) is 1. The molecule has 3 heteroatoms. The van der Waals surface area contributed by atoms with Crippen molar-refractivity contribution >= 4 is 23.2 Å². The van der Waals surface area contributed by atoms with Crippen molar-refractivity contribution in [2.24, 2.45) is 5.92 Å². The van der Waals surface area contributed by atoms with Gasteiger partial charge < -0.3 is 5.32 Å². The van der Waals surface area contributed by atoms with Gasteiger partial charge in [-0.1, -0.05) is 62.9 Å². The largest absolute Gasteiger partial charge is 0.314 e. The van der Waals surface area contributed by atoms with Crippen molar-refractivity contribution in [2.75, 3.05) is 6.54 Å². The molecule has 114 valence electrons. The molecular formula is C17H27Cl2N. The average Bonchev–Trinajstić information content (AvgIpc) is 2.40. The van der Waals surface area contributed by atoms with Crippen molar-refractivity contribution < 1.29 is 0 Å². The fraction of sp³-hybridized carbons (Fsp3) is 0.647. The van der Waals surface area contributed by atoms with Crippen molar-refractivity contribution in [2.45, 2.75) is 58.9 Å². The molecule has 1 N–H and O–H groups in total. The lowest BCUT2D eigenvalue weighted by atomic mass is 9.93. The Balaban J connectivity index is 2.72. The van der Waals surface area contributed by atoms with E-state index in [2.05, 4.69) is 26.1 Å². The lowest BCUT2D eigenvalue weighted by molar-refractivity contribution is 0.381. The lowest BCUT2D eigenvalue weighted by Gasteiger charge is -2.23. The summed E-state index contributed by atoms with van der Waals surface area (Å²) in [7, 11) is 0. The SMILES string of the molecule is CCCNC(Cc1c(Cl)cccc1Cl)CC(C)CCC. The van der Waals surface area contributed by atoms with E-state index < -0.39 is 0 Å². The Hall–Kier alpha value is -0.240. The Morgan fingerprint density at radius 2 is 1.75 bits per heavy atom. The van der Waals surface area contributed by atoms with Crippen LogP contribution >= 0.6 is 23.2 Å². The van der Waals surface area contributed by atoms with Crippen molar-refractivity contribution in [3.8, 4) is 0 Å². The van der Waals surface area contributed by atoms with Crippen molar-refractivity contribution in [3.63, 3.8) is 0 Å². The Morgan fingerprint density at radius 3 is 2.30 bits per heavy atom. The van der Waals surface area contributed by atoms with Crippen molar-refractivity contribution in [1.29, 1.82) is 0 Å². The molecule has 0 aliphatic carbocycles. The van der Waals surface area contributed by atoms with Crippen LogP contribution in [-0.2, 0) is 6.42 Å². The van der Waals surface area contributed by atoms with E-state index in [9.17, 15) is 0 Å². The van der Waals surface area contributed by atoms with Crippen LogP contribution in [0, 0.1) is 5.92 Å². The molecule has 0 amide bonds. The molecule has 0 saturated carbocycles. The van der Waals surface area contributed by atoms with E-state index in [-0.39, 0.29) is 0 Å². The minimum atomic E-state index is 0.453. The van der Waals surface area contributed by atoms with Gasteiger partial charge in [-0.15, -0.1) is 0 Å². The molecule has 0 radical (unpaired) electrons. The normalized spacial score (nSPS) is 14.2. The molecule has 1 rings (SSSR count). The molecule has 0 heterocycles. The molecule has 0 aromatic heterocycles. The highest BCUT2D eigenvalue weighted by atomic mass is 35.5. The minimum Gasteiger partial charge on any atom is -0.314 e. The zero-order valence-corrected chi connectivity index (χ0v) is 14.4. The van der Waals surface area contributed by atoms with Gasteiger partial charge in [0, 0.05) is 16.1 Å². The smallest absolute Gasteiger partial charge is 0.0453 e. The molecule has 0 fully saturated rings. The summed E-state index contributed by atoms with van der Waals surface area (Å²) >= 11 is 12.6. The van der Waals surface area contributed by atoms with Crippen LogP contribution in [0.1, 0.15) is 52.0 Å². The predicted molar refractivity (Wildman–Crippen MR) is 90.9 cm³/mol. The molecule has 1 aromatic carbocycles. The molecule has 1 aromatic rings. The van der Waals surface area contributed by atoms with E-state index in [0.717, 1.165) is 40.9 Å². The van der Waals surface area contributed by atoms with Crippen LogP contribution in [0.5, 0.6) is 0 Å². The van der Waals surface area contributed by atoms with Gasteiger partial charge in [0.2, 0.25) is 0 Å². The summed E-state index contributed by atoms with van der Waals surface area (Å²) in [6.45, 7) is 7.82. The van der Waals surface area contributed by atoms with Gasteiger partial charge in [0.05, 0.1) is 0 Å². The van der Waals surface area contributed by atoms with Gasteiger partial charge in [-0.3, -0.25) is 0 Å². The number of halogens is 2. The molecule has 0 aliphatic heterocycles. The maximum Gasteiger partial charge on any atom is 0.0453 e. The highest BCUT2D eigenvalue weighted by Crippen LogP contribution is 2.27. The Morgan fingerprint density at radius 1 is 1.10 bits per heavy atom. The highest BCUT2D eigenvalue weighted by Gasteiger charge is 2.16. The third-order valence-electron chi connectivity index (χ3n) is 3.66. The first-order valence-electron chi connectivity index (χ1n) is 7.74. The molecule has 1 nitrogen and oxygen atoms in total. The minimum absolute atomic E-state index is 0.453. The maximum absolute atomic E-state index is 6.29. The first-order valence-corrected chi connectivity index (χ1v) is 8.50. The third-order valence-corrected chi connectivity index (χ3v) is 4.37. The van der Waals surface area contributed by atoms with Gasteiger partial charge in [0.25, 0.3) is 0 Å². The molecule has 0 spiro atoms. The molecule has 2 unspecified atom stereocenters. The predicted octanol–water partition coefficient (Wildman–Crippen LogP) is 5.73. The second-order valence-electron chi connectivity index (χ2n) is 5.68. The second kappa shape index (κ2) is 9.65. The Kier molecular flexibility index (Phi) is 8.60. The fourth-order valence-corrected chi connectivity index (χ4v) is 3.21. The standard InChI is InChI=1S/C17H27Cl2N/c1-4-7-13(3)11-14(20-10-5-2)12-15-16(18)8-6-9-17(15)19/h6,8-9,13-14,20H,4-5,7,10-12H2,1-3H3. The van der Waals surface area contributed by atoms with E-state index in [1.165, 1.54) is 19.3 Å². The zero-order chi connectivity index (χ0) is 15.0. The second-order valence-corrected chi connectivity index (χ2v) is 6.50. The third kappa shape index (κ3) is 6.03. The summed E-state index contributed by atoms with van der Waals surface area (Å²) < 4.78 is 0. The number of nitrogens with one attached hydrogen (secondary N) is 1. The summed E-state index contributed by atoms with van der Waals surface area (Å²) in [6, 6.07) is 6.21. The van der Waals surface area contributed by atoms with E-state index in [4.69, 9.17) is 23.2 Å². The molecule has 0 aliphatic rings. The van der Waals surface area contributed by atoms with E-state index >= 15 is 0 Å². The van der Waals surface area contributed by atoms with Crippen LogP contribution in [0.15, 0.2) is 18.2 Å². The van der Waals surface area contributed by atoms with Crippen LogP contribution in [0.2, 0.25) is 10.0 Å². The molecule has 20 heavy (non-hydrogen) atoms. The molecule has 2 atom stereocenters. The van der Waals surface area contributed by atoms with Gasteiger partial charge in [0.1, 0.15) is 0 Å². The molecular weight excluding hydrogens is 289 g/mol.